The van der Waals surface area contributed by atoms with Crippen LogP contribution in [0.4, 0.5) is 5.69 Å². The first-order valence-corrected chi connectivity index (χ1v) is 5.73. The molecule has 94 valence electrons. The molecule has 1 aromatic heterocycles. The predicted octanol–water partition coefficient (Wildman–Crippen LogP) is 0.143. The van der Waals surface area contributed by atoms with E-state index in [1.807, 2.05) is 0 Å². The summed E-state index contributed by atoms with van der Waals surface area (Å²) in [5.41, 5.74) is 7.16. The SMILES string of the molecule is Cc1[nH]nc(C(=O)N(C)CC2CC(O)C2)c1N. The maximum absolute atomic E-state index is 12.0. The molecule has 0 spiro atoms. The van der Waals surface area contributed by atoms with Gasteiger partial charge in [-0.2, -0.15) is 5.10 Å². The minimum atomic E-state index is -0.193. The zero-order valence-electron chi connectivity index (χ0n) is 10.1. The average Bonchev–Trinajstić information content (AvgIpc) is 2.56. The lowest BCUT2D eigenvalue weighted by Gasteiger charge is -2.34. The number of aromatic nitrogens is 2. The Kier molecular flexibility index (Phi) is 3.06. The van der Waals surface area contributed by atoms with E-state index in [4.69, 9.17) is 5.73 Å². The van der Waals surface area contributed by atoms with Crippen LogP contribution < -0.4 is 5.73 Å². The summed E-state index contributed by atoms with van der Waals surface area (Å²) >= 11 is 0. The molecule has 2 rings (SSSR count). The number of hydrogen-bond donors (Lipinski definition) is 3. The second kappa shape index (κ2) is 4.37. The molecule has 0 saturated heterocycles. The molecule has 1 saturated carbocycles. The van der Waals surface area contributed by atoms with Gasteiger partial charge < -0.3 is 15.7 Å². The molecular formula is C11H18N4O2. The smallest absolute Gasteiger partial charge is 0.276 e. The van der Waals surface area contributed by atoms with Crippen LogP contribution in [0.5, 0.6) is 0 Å². The fourth-order valence-electron chi connectivity index (χ4n) is 2.10. The van der Waals surface area contributed by atoms with E-state index in [9.17, 15) is 9.90 Å². The molecule has 0 atom stereocenters. The van der Waals surface area contributed by atoms with Crippen molar-refractivity contribution in [1.82, 2.24) is 15.1 Å². The average molecular weight is 238 g/mol. The van der Waals surface area contributed by atoms with Gasteiger partial charge in [0.2, 0.25) is 0 Å². The Hall–Kier alpha value is -1.56. The highest BCUT2D eigenvalue weighted by molar-refractivity contribution is 5.97. The number of aryl methyl sites for hydroxylation is 1. The third-order valence-corrected chi connectivity index (χ3v) is 3.29. The zero-order chi connectivity index (χ0) is 12.6. The Labute approximate surface area is 99.8 Å². The second-order valence-corrected chi connectivity index (χ2v) is 4.79. The molecule has 4 N–H and O–H groups in total. The summed E-state index contributed by atoms with van der Waals surface area (Å²) in [4.78, 5) is 13.7. The Morgan fingerprint density at radius 3 is 2.76 bits per heavy atom. The molecule has 1 aliphatic rings. The van der Waals surface area contributed by atoms with Crippen LogP contribution in [0.15, 0.2) is 0 Å². The zero-order valence-corrected chi connectivity index (χ0v) is 10.1. The van der Waals surface area contributed by atoms with E-state index in [1.165, 1.54) is 0 Å². The van der Waals surface area contributed by atoms with E-state index in [0.717, 1.165) is 12.8 Å². The van der Waals surface area contributed by atoms with Gasteiger partial charge in [-0.1, -0.05) is 0 Å². The van der Waals surface area contributed by atoms with Gasteiger partial charge in [-0.05, 0) is 25.7 Å². The first kappa shape index (κ1) is 11.9. The molecule has 1 fully saturated rings. The highest BCUT2D eigenvalue weighted by Gasteiger charge is 2.30. The first-order chi connectivity index (χ1) is 7.99. The molecule has 1 heterocycles. The van der Waals surface area contributed by atoms with Crippen molar-refractivity contribution < 1.29 is 9.90 Å². The van der Waals surface area contributed by atoms with Crippen LogP contribution >= 0.6 is 0 Å². The molecule has 0 radical (unpaired) electrons. The van der Waals surface area contributed by atoms with E-state index < -0.39 is 0 Å². The number of nitrogens with one attached hydrogen (secondary N) is 1. The molecule has 0 aromatic carbocycles. The van der Waals surface area contributed by atoms with Crippen molar-refractivity contribution in [2.45, 2.75) is 25.9 Å². The van der Waals surface area contributed by atoms with Gasteiger partial charge in [0.15, 0.2) is 5.69 Å². The van der Waals surface area contributed by atoms with Crippen molar-refractivity contribution in [3.05, 3.63) is 11.4 Å². The summed E-state index contributed by atoms with van der Waals surface area (Å²) < 4.78 is 0. The van der Waals surface area contributed by atoms with Crippen molar-refractivity contribution in [1.29, 1.82) is 0 Å². The summed E-state index contributed by atoms with van der Waals surface area (Å²) in [6.07, 6.45) is 1.35. The Bertz CT molecular complexity index is 423. The van der Waals surface area contributed by atoms with Gasteiger partial charge in [0.05, 0.1) is 17.5 Å². The number of aromatic amines is 1. The van der Waals surface area contributed by atoms with Crippen molar-refractivity contribution in [3.63, 3.8) is 0 Å². The van der Waals surface area contributed by atoms with Crippen molar-refractivity contribution in [2.75, 3.05) is 19.3 Å². The number of rotatable bonds is 3. The Morgan fingerprint density at radius 2 is 2.29 bits per heavy atom. The van der Waals surface area contributed by atoms with Crippen molar-refractivity contribution in [2.24, 2.45) is 5.92 Å². The Balaban J connectivity index is 1.97. The van der Waals surface area contributed by atoms with Crippen LogP contribution in [0.1, 0.15) is 29.0 Å². The number of aliphatic hydroxyl groups is 1. The van der Waals surface area contributed by atoms with Gasteiger partial charge in [-0.25, -0.2) is 0 Å². The number of aliphatic hydroxyl groups excluding tert-OH is 1. The summed E-state index contributed by atoms with van der Waals surface area (Å²) in [6, 6.07) is 0. The van der Waals surface area contributed by atoms with Gasteiger partial charge in [0.1, 0.15) is 0 Å². The number of H-pyrrole nitrogens is 1. The monoisotopic (exact) mass is 238 g/mol. The lowest BCUT2D eigenvalue weighted by Crippen LogP contribution is -2.39. The number of nitrogens with two attached hydrogens (primary N) is 1. The van der Waals surface area contributed by atoms with Crippen LogP contribution in [-0.2, 0) is 0 Å². The number of anilines is 1. The van der Waals surface area contributed by atoms with Crippen molar-refractivity contribution in [3.8, 4) is 0 Å². The van der Waals surface area contributed by atoms with E-state index in [0.29, 0.717) is 23.8 Å². The molecule has 0 aliphatic heterocycles. The van der Waals surface area contributed by atoms with Crippen LogP contribution in [0.2, 0.25) is 0 Å². The maximum Gasteiger partial charge on any atom is 0.276 e. The molecule has 0 bridgehead atoms. The Morgan fingerprint density at radius 1 is 1.65 bits per heavy atom. The lowest BCUT2D eigenvalue weighted by molar-refractivity contribution is 0.0264. The third-order valence-electron chi connectivity index (χ3n) is 3.29. The fraction of sp³-hybridized carbons (Fsp3) is 0.636. The topological polar surface area (TPSA) is 95.2 Å². The second-order valence-electron chi connectivity index (χ2n) is 4.79. The number of carbonyl (C=O) groups excluding carboxylic acids is 1. The number of nitrogens with zero attached hydrogens (tertiary/aromatic N) is 2. The van der Waals surface area contributed by atoms with E-state index in [2.05, 4.69) is 10.2 Å². The predicted molar refractivity (Wildman–Crippen MR) is 63.4 cm³/mol. The molecule has 17 heavy (non-hydrogen) atoms. The highest BCUT2D eigenvalue weighted by atomic mass is 16.3. The van der Waals surface area contributed by atoms with Crippen LogP contribution in [-0.4, -0.2) is 45.8 Å². The van der Waals surface area contributed by atoms with E-state index in [-0.39, 0.29) is 17.7 Å². The number of hydrogen-bond acceptors (Lipinski definition) is 4. The third kappa shape index (κ3) is 2.26. The van der Waals surface area contributed by atoms with Gasteiger partial charge >= 0.3 is 0 Å². The van der Waals surface area contributed by atoms with Crippen LogP contribution in [0.3, 0.4) is 0 Å². The molecule has 1 aromatic rings. The summed E-state index contributed by atoms with van der Waals surface area (Å²) in [6.45, 7) is 2.42. The molecule has 6 nitrogen and oxygen atoms in total. The largest absolute Gasteiger partial charge is 0.395 e. The first-order valence-electron chi connectivity index (χ1n) is 5.73. The van der Waals surface area contributed by atoms with Crippen LogP contribution in [0, 0.1) is 12.8 Å². The number of carbonyl (C=O) groups is 1. The minimum absolute atomic E-state index is 0.173. The summed E-state index contributed by atoms with van der Waals surface area (Å²) in [5, 5.41) is 15.8. The normalized spacial score (nSPS) is 23.2. The van der Waals surface area contributed by atoms with E-state index in [1.54, 1.807) is 18.9 Å². The van der Waals surface area contributed by atoms with Gasteiger partial charge in [-0.15, -0.1) is 0 Å². The van der Waals surface area contributed by atoms with Crippen LogP contribution in [0.25, 0.3) is 0 Å². The standard InChI is InChI=1S/C11H18N4O2/c1-6-9(12)10(14-13-6)11(17)15(2)5-7-3-8(16)4-7/h7-8,16H,3-5,12H2,1-2H3,(H,13,14). The molecule has 1 aliphatic carbocycles. The quantitative estimate of drug-likeness (QED) is 0.698. The number of amides is 1. The van der Waals surface area contributed by atoms with E-state index >= 15 is 0 Å². The summed E-state index contributed by atoms with van der Waals surface area (Å²) in [7, 11) is 1.73. The molecular weight excluding hydrogens is 220 g/mol. The highest BCUT2D eigenvalue weighted by Crippen LogP contribution is 2.28. The molecule has 6 heteroatoms. The van der Waals surface area contributed by atoms with Gasteiger partial charge in [-0.3, -0.25) is 9.89 Å². The molecule has 1 amide bonds. The van der Waals surface area contributed by atoms with Gasteiger partial charge in [0.25, 0.3) is 5.91 Å². The summed E-state index contributed by atoms with van der Waals surface area (Å²) in [5.74, 6) is 0.216. The lowest BCUT2D eigenvalue weighted by atomic mass is 9.82. The minimum Gasteiger partial charge on any atom is -0.395 e. The molecule has 0 unspecified atom stereocenters. The van der Waals surface area contributed by atoms with Crippen molar-refractivity contribution >= 4 is 11.6 Å². The maximum atomic E-state index is 12.0. The number of nitrogen functional groups attached to an aromatic ring is 1. The fourth-order valence-corrected chi connectivity index (χ4v) is 2.10. The van der Waals surface area contributed by atoms with Gasteiger partial charge in [0, 0.05) is 13.6 Å².